The number of nitriles is 1. The first-order valence-electron chi connectivity index (χ1n) is 6.28. The largest absolute Gasteiger partial charge is 0.480 e. The lowest BCUT2D eigenvalue weighted by Gasteiger charge is -2.15. The summed E-state index contributed by atoms with van der Waals surface area (Å²) in [4.78, 5) is 22.9. The van der Waals surface area contributed by atoms with Crippen LogP contribution < -0.4 is 10.6 Å². The molecule has 0 aliphatic carbocycles. The molecule has 1 unspecified atom stereocenters. The third-order valence-corrected chi connectivity index (χ3v) is 2.85. The van der Waals surface area contributed by atoms with Crippen molar-refractivity contribution in [2.75, 3.05) is 19.0 Å². The molecule has 3 N–H and O–H groups in total. The lowest BCUT2D eigenvalue weighted by atomic mass is 10.1. The summed E-state index contributed by atoms with van der Waals surface area (Å²) in [5.41, 5.74) is 1.41. The monoisotopic (exact) mass is 291 g/mol. The van der Waals surface area contributed by atoms with Crippen LogP contribution in [0.4, 0.5) is 10.5 Å². The lowest BCUT2D eigenvalue weighted by molar-refractivity contribution is -0.139. The maximum absolute atomic E-state index is 11.8. The Bertz CT molecular complexity index is 566. The second-order valence-electron chi connectivity index (χ2n) is 4.38. The molecule has 112 valence electrons. The quantitative estimate of drug-likeness (QED) is 0.735. The van der Waals surface area contributed by atoms with Gasteiger partial charge in [-0.15, -0.1) is 0 Å². The molecule has 0 aliphatic heterocycles. The van der Waals surface area contributed by atoms with Gasteiger partial charge in [0.15, 0.2) is 0 Å². The summed E-state index contributed by atoms with van der Waals surface area (Å²) >= 11 is 0. The molecule has 1 aromatic rings. The van der Waals surface area contributed by atoms with Crippen LogP contribution in [-0.4, -0.2) is 36.9 Å². The number of urea groups is 1. The van der Waals surface area contributed by atoms with Crippen molar-refractivity contribution in [1.29, 1.82) is 5.26 Å². The minimum atomic E-state index is -1.15. The predicted molar refractivity (Wildman–Crippen MR) is 76.0 cm³/mol. The summed E-state index contributed by atoms with van der Waals surface area (Å²) in [6.07, 6.45) is 0.151. The average Bonchev–Trinajstić information content (AvgIpc) is 2.43. The van der Waals surface area contributed by atoms with E-state index >= 15 is 0 Å². The van der Waals surface area contributed by atoms with Gasteiger partial charge in [-0.25, -0.2) is 9.59 Å². The van der Waals surface area contributed by atoms with Gasteiger partial charge in [0, 0.05) is 20.1 Å². The number of nitrogens with one attached hydrogen (secondary N) is 2. The Kier molecular flexibility index (Phi) is 6.17. The van der Waals surface area contributed by atoms with E-state index in [-0.39, 0.29) is 13.0 Å². The molecule has 21 heavy (non-hydrogen) atoms. The molecule has 0 fully saturated rings. The maximum Gasteiger partial charge on any atom is 0.326 e. The van der Waals surface area contributed by atoms with Gasteiger partial charge in [-0.3, -0.25) is 0 Å². The number of hydrogen-bond acceptors (Lipinski definition) is 4. The highest BCUT2D eigenvalue weighted by Gasteiger charge is 2.20. The van der Waals surface area contributed by atoms with Crippen molar-refractivity contribution in [3.8, 4) is 6.07 Å². The van der Waals surface area contributed by atoms with Crippen molar-refractivity contribution in [2.45, 2.75) is 19.4 Å². The van der Waals surface area contributed by atoms with E-state index in [1.165, 1.54) is 7.11 Å². The third-order valence-electron chi connectivity index (χ3n) is 2.85. The number of carbonyl (C=O) groups is 2. The van der Waals surface area contributed by atoms with Crippen LogP contribution >= 0.6 is 0 Å². The second kappa shape index (κ2) is 7.87. The normalized spacial score (nSPS) is 11.3. The van der Waals surface area contributed by atoms with Crippen LogP contribution in [0, 0.1) is 18.3 Å². The Morgan fingerprint density at radius 2 is 2.19 bits per heavy atom. The highest BCUT2D eigenvalue weighted by atomic mass is 16.5. The van der Waals surface area contributed by atoms with Crippen LogP contribution in [0.3, 0.4) is 0 Å². The van der Waals surface area contributed by atoms with E-state index in [0.29, 0.717) is 11.3 Å². The molecule has 2 amide bonds. The molecule has 7 heteroatoms. The molecule has 0 spiro atoms. The topological polar surface area (TPSA) is 111 Å². The zero-order valence-corrected chi connectivity index (χ0v) is 11.8. The molecule has 0 radical (unpaired) electrons. The number of anilines is 1. The highest BCUT2D eigenvalue weighted by Crippen LogP contribution is 2.18. The second-order valence-corrected chi connectivity index (χ2v) is 4.38. The van der Waals surface area contributed by atoms with E-state index in [1.54, 1.807) is 25.1 Å². The zero-order chi connectivity index (χ0) is 15.8. The zero-order valence-electron chi connectivity index (χ0n) is 11.8. The number of ether oxygens (including phenoxy) is 1. The van der Waals surface area contributed by atoms with Gasteiger partial charge < -0.3 is 20.5 Å². The Morgan fingerprint density at radius 3 is 2.76 bits per heavy atom. The Morgan fingerprint density at radius 1 is 1.48 bits per heavy atom. The molecular formula is C14H17N3O4. The molecule has 0 saturated heterocycles. The molecule has 7 nitrogen and oxygen atoms in total. The van der Waals surface area contributed by atoms with Crippen LogP contribution in [0.1, 0.15) is 17.5 Å². The summed E-state index contributed by atoms with van der Waals surface area (Å²) in [6, 6.07) is 5.29. The van der Waals surface area contributed by atoms with Gasteiger partial charge in [-0.05, 0) is 18.6 Å². The number of amides is 2. The minimum absolute atomic E-state index is 0.151. The minimum Gasteiger partial charge on any atom is -0.480 e. The summed E-state index contributed by atoms with van der Waals surface area (Å²) < 4.78 is 4.80. The lowest BCUT2D eigenvalue weighted by Crippen LogP contribution is -2.43. The summed E-state index contributed by atoms with van der Waals surface area (Å²) in [6.45, 7) is 1.96. The highest BCUT2D eigenvalue weighted by molar-refractivity contribution is 5.93. The number of nitrogens with zero attached hydrogens (tertiary/aromatic N) is 1. The summed E-state index contributed by atoms with van der Waals surface area (Å²) in [7, 11) is 1.45. The van der Waals surface area contributed by atoms with Crippen molar-refractivity contribution in [3.63, 3.8) is 0 Å². The van der Waals surface area contributed by atoms with Crippen molar-refractivity contribution in [1.82, 2.24) is 5.32 Å². The van der Waals surface area contributed by atoms with Crippen LogP contribution in [-0.2, 0) is 9.53 Å². The molecule has 0 aromatic heterocycles. The van der Waals surface area contributed by atoms with Gasteiger partial charge in [0.05, 0.1) is 11.3 Å². The summed E-state index contributed by atoms with van der Waals surface area (Å²) in [5, 5.41) is 22.9. The van der Waals surface area contributed by atoms with Crippen molar-refractivity contribution >= 4 is 17.7 Å². The first kappa shape index (κ1) is 16.5. The number of aliphatic carboxylic acids is 1. The Hall–Kier alpha value is -2.59. The molecule has 0 bridgehead atoms. The number of hydrogen-bond donors (Lipinski definition) is 3. The molecular weight excluding hydrogens is 274 g/mol. The molecule has 1 rings (SSSR count). The number of aryl methyl sites for hydroxylation is 1. The van der Waals surface area contributed by atoms with Crippen LogP contribution in [0.15, 0.2) is 18.2 Å². The first-order valence-corrected chi connectivity index (χ1v) is 6.28. The standard InChI is InChI=1S/C14H17N3O4/c1-9-4-3-5-11(10(9)8-15)16-14(20)17-12(13(18)19)6-7-21-2/h3-5,12H,6-7H2,1-2H3,(H,18,19)(H2,16,17,20). The van der Waals surface area contributed by atoms with Gasteiger partial charge >= 0.3 is 12.0 Å². The maximum atomic E-state index is 11.8. The smallest absolute Gasteiger partial charge is 0.326 e. The Labute approximate surface area is 122 Å². The molecule has 1 atom stereocenters. The summed E-state index contributed by atoms with van der Waals surface area (Å²) in [5.74, 6) is -1.15. The fourth-order valence-corrected chi connectivity index (χ4v) is 1.73. The van der Waals surface area contributed by atoms with Crippen molar-refractivity contribution in [2.24, 2.45) is 0 Å². The van der Waals surface area contributed by atoms with E-state index in [2.05, 4.69) is 10.6 Å². The van der Waals surface area contributed by atoms with Crippen molar-refractivity contribution < 1.29 is 19.4 Å². The van der Waals surface area contributed by atoms with Gasteiger partial charge in [0.25, 0.3) is 0 Å². The van der Waals surface area contributed by atoms with E-state index in [0.717, 1.165) is 5.56 Å². The number of benzene rings is 1. The first-order chi connectivity index (χ1) is 9.99. The fraction of sp³-hybridized carbons (Fsp3) is 0.357. The van der Waals surface area contributed by atoms with Gasteiger partial charge in [0.1, 0.15) is 12.1 Å². The van der Waals surface area contributed by atoms with E-state index in [9.17, 15) is 9.59 Å². The van der Waals surface area contributed by atoms with Crippen molar-refractivity contribution in [3.05, 3.63) is 29.3 Å². The molecule has 1 aromatic carbocycles. The number of methoxy groups -OCH3 is 1. The van der Waals surface area contributed by atoms with Crippen LogP contribution in [0.25, 0.3) is 0 Å². The SMILES string of the molecule is COCCC(NC(=O)Nc1cccc(C)c1C#N)C(=O)O. The predicted octanol–water partition coefficient (Wildman–Crippen LogP) is 1.48. The van der Waals surface area contributed by atoms with Crippen LogP contribution in [0.2, 0.25) is 0 Å². The number of carboxylic acids is 1. The van der Waals surface area contributed by atoms with Gasteiger partial charge in [0.2, 0.25) is 0 Å². The molecule has 0 saturated carbocycles. The van der Waals surface area contributed by atoms with Gasteiger partial charge in [-0.2, -0.15) is 5.26 Å². The number of carboxylic acid groups (broad SMARTS) is 1. The van der Waals surface area contributed by atoms with E-state index in [1.807, 2.05) is 6.07 Å². The third kappa shape index (κ3) is 4.78. The van der Waals surface area contributed by atoms with E-state index < -0.39 is 18.0 Å². The average molecular weight is 291 g/mol. The Balaban J connectivity index is 2.75. The fourth-order valence-electron chi connectivity index (χ4n) is 1.73. The molecule has 0 aliphatic rings. The van der Waals surface area contributed by atoms with E-state index in [4.69, 9.17) is 15.1 Å². The number of carbonyl (C=O) groups excluding carboxylic acids is 1. The number of rotatable bonds is 6. The van der Waals surface area contributed by atoms with Crippen LogP contribution in [0.5, 0.6) is 0 Å². The molecule has 0 heterocycles. The van der Waals surface area contributed by atoms with Gasteiger partial charge in [-0.1, -0.05) is 12.1 Å².